The first-order chi connectivity index (χ1) is 43.1. The summed E-state index contributed by atoms with van der Waals surface area (Å²) in [4.78, 5) is 131. The topological polar surface area (TPSA) is 350 Å². The fourth-order valence-electron chi connectivity index (χ4n) is 10.3. The molecule has 24 heteroatoms. The van der Waals surface area contributed by atoms with Crippen LogP contribution in [0.25, 0.3) is 32.7 Å². The number of rotatable bonds is 25. The average Bonchev–Trinajstić information content (AvgIpc) is 1.63. The first-order valence-corrected chi connectivity index (χ1v) is 27.5. The number of Topliss-reactive ketones (excluding diaryl/α,β-unsaturated/α-hetero) is 3. The van der Waals surface area contributed by atoms with Crippen LogP contribution >= 0.6 is 0 Å². The predicted octanol–water partition coefficient (Wildman–Crippen LogP) is 2.59. The summed E-state index contributed by atoms with van der Waals surface area (Å²) >= 11 is 0. The van der Waals surface area contributed by atoms with Gasteiger partial charge in [0.25, 0.3) is 35.1 Å². The maximum Gasteiger partial charge on any atom is 1.00 e. The second kappa shape index (κ2) is 31.9. The number of benzene rings is 6. The summed E-state index contributed by atoms with van der Waals surface area (Å²) in [6, 6.07) is 38.6. The molecule has 91 heavy (non-hydrogen) atoms. The van der Waals surface area contributed by atoms with Gasteiger partial charge in [-0.1, -0.05) is 103 Å². The maximum absolute atomic E-state index is 12.8. The smallest absolute Gasteiger partial charge is 0.546 e. The van der Waals surface area contributed by atoms with E-state index in [1.165, 1.54) is 26.4 Å². The molecule has 9 rings (SSSR count). The molecule has 3 heterocycles. The molecule has 0 radical (unpaired) electrons. The van der Waals surface area contributed by atoms with E-state index in [0.717, 1.165) is 22.3 Å². The van der Waals surface area contributed by atoms with Gasteiger partial charge in [-0.25, -0.2) is 9.59 Å². The van der Waals surface area contributed by atoms with E-state index in [9.17, 15) is 57.8 Å². The van der Waals surface area contributed by atoms with Crippen LogP contribution in [0.1, 0.15) is 91.1 Å². The van der Waals surface area contributed by atoms with Gasteiger partial charge in [0.05, 0.1) is 80.7 Å². The Hall–Kier alpha value is -10.1. The molecule has 0 aliphatic heterocycles. The number of aromatic nitrogens is 3. The third-order valence-electron chi connectivity index (χ3n) is 14.5. The Labute approximate surface area is 563 Å². The van der Waals surface area contributed by atoms with Gasteiger partial charge in [-0.05, 0) is 79.8 Å². The molecule has 0 unspecified atom stereocenters. The molecular formula is C67H61KN6O17. The van der Waals surface area contributed by atoms with E-state index in [1.807, 2.05) is 112 Å². The van der Waals surface area contributed by atoms with Crippen molar-refractivity contribution in [3.05, 3.63) is 207 Å². The zero-order valence-corrected chi connectivity index (χ0v) is 53.7. The Morgan fingerprint density at radius 1 is 0.462 bits per heavy atom. The summed E-state index contributed by atoms with van der Waals surface area (Å²) in [5, 5.41) is 11.7. The van der Waals surface area contributed by atoms with Crippen LogP contribution in [0, 0.1) is 20.8 Å². The van der Waals surface area contributed by atoms with Gasteiger partial charge in [0.1, 0.15) is 23.9 Å². The third-order valence-corrected chi connectivity index (χ3v) is 14.5. The Bertz CT molecular complexity index is 4320. The van der Waals surface area contributed by atoms with Gasteiger partial charge in [-0.15, -0.1) is 6.58 Å². The number of hydrogen-bond acceptors (Lipinski definition) is 17. The Balaban J connectivity index is 0.000000216. The predicted molar refractivity (Wildman–Crippen MR) is 327 cm³/mol. The number of esters is 2. The normalized spacial score (nSPS) is 10.5. The van der Waals surface area contributed by atoms with Gasteiger partial charge < -0.3 is 64.5 Å². The number of carbonyl (C=O) groups excluding carboxylic acids is 11. The number of nitrogens with zero attached hydrogens (tertiary/aromatic N) is 3. The summed E-state index contributed by atoms with van der Waals surface area (Å²) in [5.41, 5.74) is 23.1. The number of allylic oxidation sites excluding steroid dienone is 1. The number of primary amides is 3. The van der Waals surface area contributed by atoms with Crippen LogP contribution in [0.15, 0.2) is 140 Å². The summed E-state index contributed by atoms with van der Waals surface area (Å²) in [6.45, 7) is 8.47. The number of methoxy groups -OCH3 is 2. The Morgan fingerprint density at radius 2 is 0.769 bits per heavy atom. The second-order valence-corrected chi connectivity index (χ2v) is 20.0. The molecule has 0 aliphatic rings. The van der Waals surface area contributed by atoms with Crippen LogP contribution in [0.5, 0.6) is 17.2 Å². The zero-order valence-electron chi connectivity index (χ0n) is 50.5. The average molecular weight is 1260 g/mol. The molecule has 0 atom stereocenters. The van der Waals surface area contributed by atoms with Crippen molar-refractivity contribution in [1.29, 1.82) is 0 Å². The Morgan fingerprint density at radius 3 is 1.07 bits per heavy atom. The van der Waals surface area contributed by atoms with Crippen molar-refractivity contribution in [2.75, 3.05) is 34.0 Å². The number of aldehydes is 2. The molecule has 6 aromatic carbocycles. The number of nitrogens with two attached hydrogens (primary N) is 3. The second-order valence-electron chi connectivity index (χ2n) is 20.0. The number of hydrogen-bond donors (Lipinski definition) is 3. The van der Waals surface area contributed by atoms with Crippen molar-refractivity contribution < 1.29 is 133 Å². The molecule has 0 saturated carbocycles. The van der Waals surface area contributed by atoms with Gasteiger partial charge in [-0.3, -0.25) is 38.4 Å². The molecular weight excluding hydrogens is 1200 g/mol. The van der Waals surface area contributed by atoms with Crippen LogP contribution in [0.3, 0.4) is 0 Å². The quantitative estimate of drug-likeness (QED) is 0.0185. The molecule has 462 valence electrons. The Kier molecular flexibility index (Phi) is 24.5. The summed E-state index contributed by atoms with van der Waals surface area (Å²) < 4.78 is 31.5. The number of fused-ring (bicyclic) bond motifs is 3. The molecule has 0 aliphatic carbocycles. The van der Waals surface area contributed by atoms with Gasteiger partial charge in [0.2, 0.25) is 0 Å². The first kappa shape index (κ1) is 70.0. The van der Waals surface area contributed by atoms with Crippen LogP contribution in [-0.4, -0.2) is 113 Å². The van der Waals surface area contributed by atoms with Gasteiger partial charge >= 0.3 is 63.3 Å². The molecule has 6 N–H and O–H groups in total. The van der Waals surface area contributed by atoms with E-state index in [1.54, 1.807) is 43.5 Å². The van der Waals surface area contributed by atoms with Crippen LogP contribution in [0.4, 0.5) is 0 Å². The number of carboxylic acid groups (broad SMARTS) is 1. The largest absolute Gasteiger partial charge is 1.00 e. The fraction of sp³-hybridized carbons (Fsp3) is 0.179. The first-order valence-electron chi connectivity index (χ1n) is 27.5. The van der Waals surface area contributed by atoms with E-state index in [-0.39, 0.29) is 108 Å². The number of carboxylic acids is 1. The van der Waals surface area contributed by atoms with E-state index >= 15 is 0 Å². The van der Waals surface area contributed by atoms with E-state index in [0.29, 0.717) is 83.4 Å². The van der Waals surface area contributed by atoms with Crippen molar-refractivity contribution >= 4 is 98.3 Å². The molecule has 0 bridgehead atoms. The van der Waals surface area contributed by atoms with Crippen molar-refractivity contribution in [2.24, 2.45) is 17.2 Å². The third kappa shape index (κ3) is 15.8. The van der Waals surface area contributed by atoms with Gasteiger partial charge in [0.15, 0.2) is 25.8 Å². The van der Waals surface area contributed by atoms with Gasteiger partial charge in [0, 0.05) is 36.7 Å². The van der Waals surface area contributed by atoms with Gasteiger partial charge in [-0.2, -0.15) is 0 Å². The molecule has 9 aromatic rings. The van der Waals surface area contributed by atoms with E-state index in [2.05, 4.69) is 16.1 Å². The summed E-state index contributed by atoms with van der Waals surface area (Å²) in [7, 11) is 2.47. The standard InChI is InChI=1S/C24H24N2O5.C22H20N2O6.C21H18N2O6.K/c1-4-8-17-11-12-18-21(23(17)31-14-19(27)30-3)20(22(28)24(25)29)15(2)26(18)13-16-9-6-5-7-10-16;1-13-18(20(27)22(23)28)19-16(24(13)10-14-6-4-3-5-7-14)9-8-15(11-25)21(19)30-12-17(26)29-2;1-12-17(19(27)21(22)28)18-15(23(12)9-13-5-3-2-4-6-13)8-7-14(10-24)20(18)29-11-16(25)26;/h4-7,9-12H,1,8,13-14H2,2-3H3,(H2,25,29);3-9,11H,10,12H2,1-2H3,(H2,23,28);2-8,10H,9,11H2,1H3,(H2,22,28)(H,25,26);/q;;;+1/p-1. The van der Waals surface area contributed by atoms with Crippen LogP contribution in [-0.2, 0) is 64.3 Å². The van der Waals surface area contributed by atoms with Crippen molar-refractivity contribution in [3.63, 3.8) is 0 Å². The molecule has 23 nitrogen and oxygen atoms in total. The minimum Gasteiger partial charge on any atom is -0.546 e. The monoisotopic (exact) mass is 1260 g/mol. The molecule has 0 fully saturated rings. The van der Waals surface area contributed by atoms with Crippen LogP contribution < -0.4 is 87.9 Å². The molecule has 3 amide bonds. The summed E-state index contributed by atoms with van der Waals surface area (Å²) in [5.74, 6) is -8.52. The number of aliphatic carboxylic acids is 1. The molecule has 0 saturated heterocycles. The summed E-state index contributed by atoms with van der Waals surface area (Å²) in [6.07, 6.45) is 3.16. The zero-order chi connectivity index (χ0) is 65.5. The minimum atomic E-state index is -1.50. The molecule has 0 spiro atoms. The van der Waals surface area contributed by atoms with Crippen molar-refractivity contribution in [2.45, 2.75) is 46.8 Å². The number of ketones is 3. The number of amides is 3. The van der Waals surface area contributed by atoms with E-state index in [4.69, 9.17) is 31.4 Å². The van der Waals surface area contributed by atoms with E-state index < -0.39 is 66.2 Å². The van der Waals surface area contributed by atoms with Crippen LogP contribution in [0.2, 0.25) is 0 Å². The van der Waals surface area contributed by atoms with Crippen molar-refractivity contribution in [1.82, 2.24) is 13.7 Å². The SMILES string of the molecule is C=CCc1ccc2c(c1OCC(=O)OC)c(C(=O)C(N)=O)c(C)n2Cc1ccccc1.COC(=O)COc1c(C=O)ccc2c1c(C(=O)C(N)=O)c(C)n2Cc1ccccc1.Cc1c(C(=O)C(N)=O)c2c(OCC(=O)[O-])c(C=O)ccc2n1Cc1ccccc1.[K+]. The minimum absolute atomic E-state index is 0. The maximum atomic E-state index is 12.8. The number of ether oxygens (including phenoxy) is 5. The fourth-order valence-corrected chi connectivity index (χ4v) is 10.3. The number of carbonyl (C=O) groups is 11. The molecule has 3 aromatic heterocycles. The van der Waals surface area contributed by atoms with Crippen molar-refractivity contribution in [3.8, 4) is 17.2 Å².